The molecule has 2 heterocycles. The molecule has 0 spiro atoms. The largest absolute Gasteiger partial charge is 0.610 e. The van der Waals surface area contributed by atoms with Crippen LogP contribution < -0.4 is 0 Å². The molecule has 23 heavy (non-hydrogen) atoms. The van der Waals surface area contributed by atoms with Gasteiger partial charge in [0.2, 0.25) is 11.7 Å². The molecular formula is C13H14F3N3O2S2. The van der Waals surface area contributed by atoms with Crippen molar-refractivity contribution < 1.29 is 22.2 Å². The standard InChI is InChI=1S/C13H14F3N3O2S2/c1-13(2,3)11-18-10(19-21-11)8-6-17-12(22-8)23(20)5-4-7(14)9(15)16/h6H,4-5H2,1-3H3. The fourth-order valence-electron chi connectivity index (χ4n) is 1.46. The van der Waals surface area contributed by atoms with Crippen LogP contribution >= 0.6 is 11.3 Å². The molecule has 1 atom stereocenters. The van der Waals surface area contributed by atoms with E-state index in [1.54, 1.807) is 0 Å². The number of halogens is 3. The van der Waals surface area contributed by atoms with Crippen LogP contribution in [0.4, 0.5) is 13.2 Å². The summed E-state index contributed by atoms with van der Waals surface area (Å²) in [6.45, 7) is 5.76. The van der Waals surface area contributed by atoms with Gasteiger partial charge in [0.15, 0.2) is 5.83 Å². The van der Waals surface area contributed by atoms with Crippen molar-refractivity contribution in [2.24, 2.45) is 0 Å². The zero-order valence-electron chi connectivity index (χ0n) is 12.6. The summed E-state index contributed by atoms with van der Waals surface area (Å²) in [4.78, 5) is 8.75. The number of rotatable bonds is 5. The first-order valence-electron chi connectivity index (χ1n) is 6.57. The third-order valence-corrected chi connectivity index (χ3v) is 5.34. The minimum absolute atomic E-state index is 0.203. The van der Waals surface area contributed by atoms with Gasteiger partial charge in [-0.1, -0.05) is 37.3 Å². The van der Waals surface area contributed by atoms with Gasteiger partial charge >= 0.3 is 10.4 Å². The molecule has 2 rings (SSSR count). The topological polar surface area (TPSA) is 74.9 Å². The van der Waals surface area contributed by atoms with Gasteiger partial charge in [-0.3, -0.25) is 0 Å². The second-order valence-electron chi connectivity index (χ2n) is 5.63. The van der Waals surface area contributed by atoms with Crippen LogP contribution in [0.25, 0.3) is 10.7 Å². The summed E-state index contributed by atoms with van der Waals surface area (Å²) < 4.78 is 54.0. The van der Waals surface area contributed by atoms with Gasteiger partial charge in [0.25, 0.3) is 0 Å². The van der Waals surface area contributed by atoms with Gasteiger partial charge in [0, 0.05) is 16.6 Å². The molecule has 10 heteroatoms. The Balaban J connectivity index is 2.08. The second kappa shape index (κ2) is 7.02. The number of aromatic nitrogens is 3. The number of thiazole rings is 1. The first-order chi connectivity index (χ1) is 10.7. The summed E-state index contributed by atoms with van der Waals surface area (Å²) in [5, 5.41) is 3.84. The Kier molecular flexibility index (Phi) is 5.48. The molecule has 0 radical (unpaired) electrons. The fraction of sp³-hybridized carbons (Fsp3) is 0.462. The Morgan fingerprint density at radius 3 is 2.61 bits per heavy atom. The highest BCUT2D eigenvalue weighted by molar-refractivity contribution is 7.93. The van der Waals surface area contributed by atoms with Crippen molar-refractivity contribution in [3.63, 3.8) is 0 Å². The first-order valence-corrected chi connectivity index (χ1v) is 8.70. The lowest BCUT2D eigenvalue weighted by molar-refractivity contribution is 0.321. The van der Waals surface area contributed by atoms with Crippen molar-refractivity contribution in [1.29, 1.82) is 0 Å². The second-order valence-corrected chi connectivity index (χ2v) is 8.40. The molecule has 0 saturated carbocycles. The van der Waals surface area contributed by atoms with Crippen molar-refractivity contribution in [2.45, 2.75) is 36.9 Å². The highest BCUT2D eigenvalue weighted by atomic mass is 32.2. The molecular weight excluding hydrogens is 351 g/mol. The maximum atomic E-state index is 12.7. The summed E-state index contributed by atoms with van der Waals surface area (Å²) in [5.41, 5.74) is -0.304. The summed E-state index contributed by atoms with van der Waals surface area (Å²) in [6.07, 6.45) is -1.56. The molecule has 0 aliphatic carbocycles. The van der Waals surface area contributed by atoms with Crippen molar-refractivity contribution in [1.82, 2.24) is 15.1 Å². The highest BCUT2D eigenvalue weighted by Gasteiger charge is 2.24. The Morgan fingerprint density at radius 1 is 1.35 bits per heavy atom. The number of allylic oxidation sites excluding steroid dienone is 1. The molecule has 0 saturated heterocycles. The van der Waals surface area contributed by atoms with Crippen LogP contribution in [0.2, 0.25) is 0 Å². The third-order valence-electron chi connectivity index (χ3n) is 2.68. The van der Waals surface area contributed by atoms with Crippen LogP contribution in [0.1, 0.15) is 33.1 Å². The molecule has 5 nitrogen and oxygen atoms in total. The Hall–Kier alpha value is -1.39. The molecule has 2 aromatic rings. The predicted molar refractivity (Wildman–Crippen MR) is 80.3 cm³/mol. The molecule has 0 amide bonds. The summed E-state index contributed by atoms with van der Waals surface area (Å²) >= 11 is -0.614. The minimum Gasteiger partial charge on any atom is -0.610 e. The van der Waals surface area contributed by atoms with E-state index in [9.17, 15) is 17.7 Å². The van der Waals surface area contributed by atoms with Crippen molar-refractivity contribution in [3.8, 4) is 10.7 Å². The van der Waals surface area contributed by atoms with Crippen LogP contribution in [0.5, 0.6) is 0 Å². The molecule has 0 aliphatic rings. The Morgan fingerprint density at radius 2 is 2.04 bits per heavy atom. The Labute approximate surface area is 137 Å². The monoisotopic (exact) mass is 365 g/mol. The van der Waals surface area contributed by atoms with E-state index in [0.717, 1.165) is 11.3 Å². The van der Waals surface area contributed by atoms with Gasteiger partial charge in [-0.25, -0.2) is 4.39 Å². The number of hydrogen-bond acceptors (Lipinski definition) is 6. The van der Waals surface area contributed by atoms with Crippen molar-refractivity contribution in [3.05, 3.63) is 24.0 Å². The van der Waals surface area contributed by atoms with E-state index in [0.29, 0.717) is 16.6 Å². The van der Waals surface area contributed by atoms with E-state index in [-0.39, 0.29) is 15.5 Å². The lowest BCUT2D eigenvalue weighted by Gasteiger charge is -2.10. The summed E-state index contributed by atoms with van der Waals surface area (Å²) in [6, 6.07) is 0. The predicted octanol–water partition coefficient (Wildman–Crippen LogP) is 4.07. The van der Waals surface area contributed by atoms with Gasteiger partial charge in [-0.2, -0.15) is 18.7 Å². The maximum Gasteiger partial charge on any atom is 0.302 e. The average molecular weight is 365 g/mol. The number of hydrogen-bond donors (Lipinski definition) is 0. The molecule has 0 aliphatic heterocycles. The van der Waals surface area contributed by atoms with Gasteiger partial charge in [-0.15, -0.1) is 0 Å². The maximum absolute atomic E-state index is 12.7. The molecule has 0 N–H and O–H groups in total. The van der Waals surface area contributed by atoms with Gasteiger partial charge in [0.1, 0.15) is 10.6 Å². The lowest BCUT2D eigenvalue weighted by atomic mass is 9.97. The molecule has 0 fully saturated rings. The van der Waals surface area contributed by atoms with E-state index in [1.165, 1.54) is 6.20 Å². The van der Waals surface area contributed by atoms with E-state index >= 15 is 0 Å². The van der Waals surface area contributed by atoms with E-state index < -0.39 is 29.5 Å². The summed E-state index contributed by atoms with van der Waals surface area (Å²) in [5.74, 6) is -1.05. The van der Waals surface area contributed by atoms with Crippen molar-refractivity contribution in [2.75, 3.05) is 5.75 Å². The van der Waals surface area contributed by atoms with Crippen molar-refractivity contribution >= 4 is 22.5 Å². The quantitative estimate of drug-likeness (QED) is 0.747. The van der Waals surface area contributed by atoms with Crippen LogP contribution in [-0.2, 0) is 16.6 Å². The summed E-state index contributed by atoms with van der Waals surface area (Å²) in [7, 11) is 0. The molecule has 1 unspecified atom stereocenters. The van der Waals surface area contributed by atoms with Crippen LogP contribution in [0, 0.1) is 0 Å². The van der Waals surface area contributed by atoms with Crippen LogP contribution in [0.15, 0.2) is 27.0 Å². The van der Waals surface area contributed by atoms with Crippen LogP contribution in [-0.4, -0.2) is 25.4 Å². The zero-order chi connectivity index (χ0) is 17.2. The molecule has 126 valence electrons. The highest BCUT2D eigenvalue weighted by Crippen LogP contribution is 2.30. The minimum atomic E-state index is -2.39. The van der Waals surface area contributed by atoms with E-state index in [2.05, 4.69) is 15.1 Å². The Bertz CT molecular complexity index is 705. The average Bonchev–Trinajstić information content (AvgIpc) is 3.11. The third kappa shape index (κ3) is 4.55. The van der Waals surface area contributed by atoms with Gasteiger partial charge in [0.05, 0.1) is 12.6 Å². The van der Waals surface area contributed by atoms with E-state index in [4.69, 9.17) is 4.52 Å². The fourth-order valence-corrected chi connectivity index (χ4v) is 3.63. The number of nitrogens with zero attached hydrogens (tertiary/aromatic N) is 3. The normalized spacial score (nSPS) is 13.2. The van der Waals surface area contributed by atoms with Gasteiger partial charge in [-0.05, 0) is 0 Å². The van der Waals surface area contributed by atoms with Crippen LogP contribution in [0.3, 0.4) is 0 Å². The lowest BCUT2D eigenvalue weighted by Crippen LogP contribution is -2.11. The zero-order valence-corrected chi connectivity index (χ0v) is 14.2. The molecule has 0 aromatic carbocycles. The first kappa shape index (κ1) is 18.0. The van der Waals surface area contributed by atoms with Gasteiger partial charge < -0.3 is 9.08 Å². The molecule has 0 bridgehead atoms. The van der Waals surface area contributed by atoms with E-state index in [1.807, 2.05) is 20.8 Å². The smallest absolute Gasteiger partial charge is 0.302 e. The molecule has 2 aromatic heterocycles. The SMILES string of the molecule is CC(C)(C)c1nc(-c2cnc([S+]([O-])CCC(F)=C(F)F)s2)no1.